The summed E-state index contributed by atoms with van der Waals surface area (Å²) in [5.74, 6) is 0. The van der Waals surface area contributed by atoms with E-state index in [-0.39, 0.29) is 0 Å². The summed E-state index contributed by atoms with van der Waals surface area (Å²) in [4.78, 5) is 2.40. The van der Waals surface area contributed by atoms with E-state index in [1.165, 1.54) is 75.1 Å². The monoisotopic (exact) mass is 679 g/mol. The number of rotatable bonds is 6. The average molecular weight is 680 g/mol. The summed E-state index contributed by atoms with van der Waals surface area (Å²) >= 11 is 1.88. The molecule has 0 bridgehead atoms. The van der Waals surface area contributed by atoms with Crippen LogP contribution in [-0.4, -0.2) is 0 Å². The average Bonchev–Trinajstić information content (AvgIpc) is 3.60. The van der Waals surface area contributed by atoms with Gasteiger partial charge in [-0.05, 0) is 97.4 Å². The van der Waals surface area contributed by atoms with E-state index in [2.05, 4.69) is 205 Å². The summed E-state index contributed by atoms with van der Waals surface area (Å²) in [6, 6.07) is 72.9. The molecule has 2 heteroatoms. The predicted molar refractivity (Wildman–Crippen MR) is 225 cm³/mol. The molecule has 1 nitrogen and oxygen atoms in total. The predicted octanol–water partition coefficient (Wildman–Crippen LogP) is 14.8. The molecule has 10 aromatic rings. The Morgan fingerprint density at radius 3 is 1.46 bits per heavy atom. The third-order valence-electron chi connectivity index (χ3n) is 10.3. The van der Waals surface area contributed by atoms with Crippen molar-refractivity contribution in [2.24, 2.45) is 0 Å². The van der Waals surface area contributed by atoms with Crippen LogP contribution in [0.2, 0.25) is 0 Å². The van der Waals surface area contributed by atoms with Crippen LogP contribution in [-0.2, 0) is 0 Å². The fourth-order valence-corrected chi connectivity index (χ4v) is 9.03. The van der Waals surface area contributed by atoms with E-state index in [1.54, 1.807) is 0 Å². The first-order chi connectivity index (χ1) is 25.8. The maximum atomic E-state index is 2.40. The number of fused-ring (bicyclic) bond motifs is 5. The van der Waals surface area contributed by atoms with Gasteiger partial charge in [-0.3, -0.25) is 0 Å². The third-order valence-corrected chi connectivity index (χ3v) is 11.5. The number of thiophene rings is 1. The van der Waals surface area contributed by atoms with Crippen molar-refractivity contribution in [2.75, 3.05) is 4.90 Å². The van der Waals surface area contributed by atoms with Crippen molar-refractivity contribution in [1.82, 2.24) is 0 Å². The Morgan fingerprint density at radius 1 is 0.308 bits per heavy atom. The highest BCUT2D eigenvalue weighted by Crippen LogP contribution is 2.43. The van der Waals surface area contributed by atoms with Crippen LogP contribution in [0.5, 0.6) is 0 Å². The smallest absolute Gasteiger partial charge is 0.0467 e. The summed E-state index contributed by atoms with van der Waals surface area (Å²) in [5.41, 5.74) is 10.7. The van der Waals surface area contributed by atoms with E-state index in [1.807, 2.05) is 11.3 Å². The minimum absolute atomic E-state index is 1.11. The van der Waals surface area contributed by atoms with E-state index in [4.69, 9.17) is 0 Å². The minimum Gasteiger partial charge on any atom is -0.310 e. The van der Waals surface area contributed by atoms with Crippen molar-refractivity contribution >= 4 is 70.1 Å². The number of nitrogens with zero attached hydrogens (tertiary/aromatic N) is 1. The zero-order valence-electron chi connectivity index (χ0n) is 28.4. The van der Waals surface area contributed by atoms with Gasteiger partial charge >= 0.3 is 0 Å². The first kappa shape index (κ1) is 30.4. The van der Waals surface area contributed by atoms with Crippen molar-refractivity contribution in [1.29, 1.82) is 0 Å². The summed E-state index contributed by atoms with van der Waals surface area (Å²) in [5, 5.41) is 7.65. The Labute approximate surface area is 307 Å². The highest BCUT2D eigenvalue weighted by atomic mass is 32.1. The molecular weight excluding hydrogens is 647 g/mol. The van der Waals surface area contributed by atoms with Crippen LogP contribution < -0.4 is 4.90 Å². The Hall–Kier alpha value is -6.48. The molecule has 0 aliphatic carbocycles. The van der Waals surface area contributed by atoms with E-state index in [0.29, 0.717) is 0 Å². The van der Waals surface area contributed by atoms with Crippen LogP contribution in [0.3, 0.4) is 0 Å². The molecule has 52 heavy (non-hydrogen) atoms. The van der Waals surface area contributed by atoms with Crippen LogP contribution in [0, 0.1) is 0 Å². The minimum atomic E-state index is 1.11. The van der Waals surface area contributed by atoms with Gasteiger partial charge < -0.3 is 4.90 Å². The lowest BCUT2D eigenvalue weighted by Gasteiger charge is -2.27. The largest absolute Gasteiger partial charge is 0.310 e. The summed E-state index contributed by atoms with van der Waals surface area (Å²) in [7, 11) is 0. The van der Waals surface area contributed by atoms with Crippen LogP contribution in [0.4, 0.5) is 17.1 Å². The van der Waals surface area contributed by atoms with E-state index >= 15 is 0 Å². The standard InChI is InChI=1S/C50H33NS/c1-3-20-42-34(12-1)14-9-23-44(42)36-28-30-39(31-29-36)51(40-18-7-16-37(32-40)45-24-10-15-35-13-2-4-21-43(35)45)41-19-8-17-38(33-41)46-25-11-26-48-47-22-5-6-27-49(47)52-50(46)48/h1-33H. The number of benzene rings is 9. The van der Waals surface area contributed by atoms with Gasteiger partial charge in [0.15, 0.2) is 0 Å². The molecule has 0 fully saturated rings. The van der Waals surface area contributed by atoms with Crippen molar-refractivity contribution in [3.63, 3.8) is 0 Å². The number of hydrogen-bond acceptors (Lipinski definition) is 2. The van der Waals surface area contributed by atoms with Gasteiger partial charge in [0.25, 0.3) is 0 Å². The molecule has 10 rings (SSSR count). The number of anilines is 3. The van der Waals surface area contributed by atoms with Crippen molar-refractivity contribution in [3.05, 3.63) is 200 Å². The molecule has 0 spiro atoms. The fourth-order valence-electron chi connectivity index (χ4n) is 7.79. The molecular formula is C50H33NS. The van der Waals surface area contributed by atoms with Gasteiger partial charge in [0, 0.05) is 37.2 Å². The molecule has 0 radical (unpaired) electrons. The second kappa shape index (κ2) is 12.7. The molecule has 1 heterocycles. The molecule has 0 saturated heterocycles. The van der Waals surface area contributed by atoms with E-state index < -0.39 is 0 Å². The second-order valence-electron chi connectivity index (χ2n) is 13.3. The lowest BCUT2D eigenvalue weighted by Crippen LogP contribution is -2.10. The Kier molecular flexibility index (Phi) is 7.41. The van der Waals surface area contributed by atoms with Gasteiger partial charge in [0.2, 0.25) is 0 Å². The van der Waals surface area contributed by atoms with Crippen molar-refractivity contribution in [3.8, 4) is 33.4 Å². The fraction of sp³-hybridized carbons (Fsp3) is 0. The van der Waals surface area contributed by atoms with Gasteiger partial charge in [-0.15, -0.1) is 11.3 Å². The Morgan fingerprint density at radius 2 is 0.788 bits per heavy atom. The number of hydrogen-bond donors (Lipinski definition) is 0. The quantitative estimate of drug-likeness (QED) is 0.169. The van der Waals surface area contributed by atoms with Gasteiger partial charge in [0.1, 0.15) is 0 Å². The molecule has 244 valence electrons. The zero-order valence-corrected chi connectivity index (χ0v) is 29.2. The highest BCUT2D eigenvalue weighted by molar-refractivity contribution is 7.26. The van der Waals surface area contributed by atoms with Gasteiger partial charge in [0.05, 0.1) is 0 Å². The first-order valence-corrected chi connectivity index (χ1v) is 18.6. The highest BCUT2D eigenvalue weighted by Gasteiger charge is 2.17. The van der Waals surface area contributed by atoms with Crippen molar-refractivity contribution in [2.45, 2.75) is 0 Å². The molecule has 0 amide bonds. The SMILES string of the molecule is c1cc(-c2cccc3ccccc23)cc(N(c2ccc(-c3cccc4ccccc34)cc2)c2cccc(-c3cccc4c3sc3ccccc34)c2)c1. The summed E-state index contributed by atoms with van der Waals surface area (Å²) in [6.45, 7) is 0. The van der Waals surface area contributed by atoms with Gasteiger partial charge in [-0.1, -0.05) is 158 Å². The van der Waals surface area contributed by atoms with Crippen LogP contribution in [0.15, 0.2) is 200 Å². The molecule has 0 unspecified atom stereocenters. The van der Waals surface area contributed by atoms with Gasteiger partial charge in [-0.2, -0.15) is 0 Å². The zero-order chi connectivity index (χ0) is 34.4. The molecule has 0 aliphatic rings. The first-order valence-electron chi connectivity index (χ1n) is 17.8. The molecule has 0 saturated carbocycles. The van der Waals surface area contributed by atoms with Gasteiger partial charge in [-0.25, -0.2) is 0 Å². The topological polar surface area (TPSA) is 3.24 Å². The maximum absolute atomic E-state index is 2.40. The molecule has 0 aliphatic heterocycles. The lowest BCUT2D eigenvalue weighted by molar-refractivity contribution is 1.28. The normalized spacial score (nSPS) is 11.5. The van der Waals surface area contributed by atoms with E-state index in [0.717, 1.165) is 17.1 Å². The van der Waals surface area contributed by atoms with Crippen LogP contribution >= 0.6 is 11.3 Å². The summed E-state index contributed by atoms with van der Waals surface area (Å²) < 4.78 is 2.64. The molecule has 1 aromatic heterocycles. The molecule has 0 N–H and O–H groups in total. The van der Waals surface area contributed by atoms with Crippen molar-refractivity contribution < 1.29 is 0 Å². The third kappa shape index (κ3) is 5.24. The Bertz CT molecular complexity index is 2910. The van der Waals surface area contributed by atoms with E-state index in [9.17, 15) is 0 Å². The molecule has 0 atom stereocenters. The van der Waals surface area contributed by atoms with Crippen LogP contribution in [0.25, 0.3) is 75.1 Å². The second-order valence-corrected chi connectivity index (χ2v) is 14.4. The molecule has 9 aromatic carbocycles. The Balaban J connectivity index is 1.13. The summed E-state index contributed by atoms with van der Waals surface area (Å²) in [6.07, 6.45) is 0. The lowest BCUT2D eigenvalue weighted by atomic mass is 9.97. The maximum Gasteiger partial charge on any atom is 0.0467 e. The van der Waals surface area contributed by atoms with Crippen LogP contribution in [0.1, 0.15) is 0 Å².